The highest BCUT2D eigenvalue weighted by atomic mass is 35.7. The molecule has 584 valence electrons. The van der Waals surface area contributed by atoms with Crippen LogP contribution in [0, 0.1) is 66.6 Å². The summed E-state index contributed by atoms with van der Waals surface area (Å²) in [6, 6.07) is 9.29. The van der Waals surface area contributed by atoms with Crippen molar-refractivity contribution in [2.24, 2.45) is 76.4 Å². The van der Waals surface area contributed by atoms with Gasteiger partial charge in [0.15, 0.2) is 30.9 Å². The molecule has 0 saturated heterocycles. The average molecular weight is 1540 g/mol. The highest BCUT2D eigenvalue weighted by Gasteiger charge is 2.19. The van der Waals surface area contributed by atoms with Gasteiger partial charge < -0.3 is 53.2 Å². The number of hydrogen-bond donors (Lipinski definition) is 4. The van der Waals surface area contributed by atoms with Crippen molar-refractivity contribution in [3.05, 3.63) is 97.7 Å². The highest BCUT2D eigenvalue weighted by Crippen LogP contribution is 2.32. The first kappa shape index (κ1) is 106. The maximum absolute atomic E-state index is 10.8. The number of amides is 3. The minimum absolute atomic E-state index is 0. The van der Waals surface area contributed by atoms with Gasteiger partial charge in [-0.05, 0) is 122 Å². The number of alkyl halides is 2. The maximum atomic E-state index is 10.8. The van der Waals surface area contributed by atoms with Crippen LogP contribution in [-0.4, -0.2) is 104 Å². The van der Waals surface area contributed by atoms with Crippen molar-refractivity contribution in [1.82, 2.24) is 4.98 Å². The number of carbonyl (C=O) groups is 8. The molecular formula is C71H123Cl3N6O19S2. The van der Waals surface area contributed by atoms with E-state index in [1.54, 1.807) is 71.0 Å². The zero-order valence-corrected chi connectivity index (χ0v) is 67.1. The lowest BCUT2D eigenvalue weighted by Crippen LogP contribution is -2.36. The monoisotopic (exact) mass is 1530 g/mol. The Morgan fingerprint density at radius 2 is 0.743 bits per heavy atom. The van der Waals surface area contributed by atoms with Crippen LogP contribution in [0.25, 0.3) is 0 Å². The van der Waals surface area contributed by atoms with Crippen LogP contribution in [0.15, 0.2) is 73.6 Å². The van der Waals surface area contributed by atoms with Crippen LogP contribution < -0.4 is 26.3 Å². The summed E-state index contributed by atoms with van der Waals surface area (Å²) in [5.74, 6) is 6.63. The van der Waals surface area contributed by atoms with Gasteiger partial charge in [0.05, 0.1) is 22.3 Å². The number of rotatable bonds is 11. The number of hydrogen-bond acceptors (Lipinski definition) is 19. The van der Waals surface area contributed by atoms with E-state index < -0.39 is 49.2 Å². The van der Waals surface area contributed by atoms with Crippen molar-refractivity contribution >= 4 is 101 Å². The Morgan fingerprint density at radius 1 is 0.495 bits per heavy atom. The molecule has 3 heterocycles. The molecule has 0 aliphatic heterocycles. The van der Waals surface area contributed by atoms with Crippen LogP contribution in [-0.2, 0) is 80.0 Å². The molecule has 0 radical (unpaired) electrons. The second-order valence-electron chi connectivity index (χ2n) is 25.7. The summed E-state index contributed by atoms with van der Waals surface area (Å²) in [7, 11) is -3.25. The molecule has 10 atom stereocenters. The van der Waals surface area contributed by atoms with E-state index in [4.69, 9.17) is 72.7 Å². The number of ether oxygens (including phenoxy) is 4. The Bertz CT molecular complexity index is 2720. The van der Waals surface area contributed by atoms with Gasteiger partial charge >= 0.3 is 33.2 Å². The van der Waals surface area contributed by atoms with Crippen LogP contribution in [0.4, 0.5) is 0 Å². The number of aromatic nitrogens is 3. The first-order chi connectivity index (χ1) is 46.3. The molecule has 30 heteroatoms. The van der Waals surface area contributed by atoms with E-state index in [-0.39, 0.29) is 50.8 Å². The van der Waals surface area contributed by atoms with Gasteiger partial charge in [-0.3, -0.25) is 43.3 Å². The summed E-state index contributed by atoms with van der Waals surface area (Å²) < 4.78 is 71.5. The van der Waals surface area contributed by atoms with Gasteiger partial charge in [-0.2, -0.15) is 17.6 Å². The molecule has 0 bridgehead atoms. The average Bonchev–Trinajstić information content (AvgIpc) is 1.88. The molecule has 8 rings (SSSR count). The number of pyridine rings is 3. The Morgan fingerprint density at radius 3 is 0.861 bits per heavy atom. The molecular weight excluding hydrogens is 1410 g/mol. The Kier molecular flexibility index (Phi) is 66.6. The molecule has 3 aromatic heterocycles. The number of nitrogens with zero attached hydrogens (tertiary/aromatic N) is 3. The van der Waals surface area contributed by atoms with Gasteiger partial charge in [0.25, 0.3) is 31.2 Å². The first-order valence-corrected chi connectivity index (χ1v) is 38.5. The normalized spacial score (nSPS) is 20.5. The molecule has 0 aromatic carbocycles. The van der Waals surface area contributed by atoms with E-state index >= 15 is 0 Å². The van der Waals surface area contributed by atoms with Gasteiger partial charge in [-0.25, -0.2) is 12.6 Å². The highest BCUT2D eigenvalue weighted by molar-refractivity contribution is 8.10. The fourth-order valence-corrected chi connectivity index (χ4v) is 11.0. The molecule has 3 aromatic rings. The molecule has 0 spiro atoms. The van der Waals surface area contributed by atoms with E-state index in [9.17, 15) is 42.0 Å². The zero-order valence-electron chi connectivity index (χ0n) is 63.2. The maximum Gasteiger partial charge on any atom is 0.356 e. The van der Waals surface area contributed by atoms with E-state index in [0.717, 1.165) is 66.1 Å². The number of primary amides is 3. The third kappa shape index (κ3) is 81.1. The number of nitrogens with two attached hydrogens (primary N) is 3. The predicted molar refractivity (Wildman–Crippen MR) is 394 cm³/mol. The lowest BCUT2D eigenvalue weighted by atomic mass is 10.1. The summed E-state index contributed by atoms with van der Waals surface area (Å²) in [6.07, 6.45) is 32.1. The standard InChI is InChI=1S/2C9H10N2O3.5C7H14.C6H6N2O.C4H8O2.C3H5ClO2.C2H4O2.CH2Cl2O3S.CH4O3S.CH3/c2*1-7(12)14-6-11-4-2-3-8(5-11)9(10)13;5*1-6-3-4-7(2)5-6;7-6(9)5-2-1-3-8-4-5;1-3-6-4(2)5;1-3(5)6-2-4;1-2(3)4;2-1-6-7(3,4)5;1-5(2,3)4;/h2*2-5H,6H2,1H3,(H-,10,13);5*6-7H,3-5H2,1-2H3;1-4H,(H2,7,9);3H2,1-2H3;2H2,1H3;1H3,(H,3,4);1H2;1H3,(H,2,3,4);1H3/q;;;;;;;;;;;;;-1/p+1. The minimum Gasteiger partial charge on any atom is -0.748 e. The summed E-state index contributed by atoms with van der Waals surface area (Å²) in [5, 5.41) is 7.42. The van der Waals surface area contributed by atoms with E-state index in [1.807, 2.05) is 0 Å². The van der Waals surface area contributed by atoms with Gasteiger partial charge in [0.2, 0.25) is 5.91 Å². The SMILES string of the molecule is CC(=O)O.CC(=O)OCCl.CC(=O)OC[n+]1cccc(C(N)=O)c1.CC(=O)OC[n+]1cccc(C(N)=O)c1.CC1CCC(C)C1.CC1CCC(C)C1.CC1CCC(C)C1.CC1CCC(C)C1.CC1CCC(C)C1.CCOC(C)=O.CS(=O)(=O)[O-].NC(=O)c1cccnc1.O=S(=O)(Cl)OCCl.[CH3-]. The fraction of sp³-hybridized carbons (Fsp3) is 0.662. The number of carboxylic acid groups (broad SMARTS) is 1. The molecule has 5 saturated carbocycles. The van der Waals surface area contributed by atoms with Crippen LogP contribution in [0.1, 0.15) is 238 Å². The van der Waals surface area contributed by atoms with E-state index in [1.165, 1.54) is 143 Å². The second kappa shape index (κ2) is 63.6. The largest absolute Gasteiger partial charge is 0.748 e. The lowest BCUT2D eigenvalue weighted by Gasteiger charge is -1.98. The molecule has 5 aliphatic carbocycles. The van der Waals surface area contributed by atoms with Crippen molar-refractivity contribution in [2.75, 3.05) is 25.0 Å². The third-order valence-corrected chi connectivity index (χ3v) is 15.7. The predicted octanol–water partition coefficient (Wildman–Crippen LogP) is 13.3. The van der Waals surface area contributed by atoms with Gasteiger partial charge in [-0.1, -0.05) is 157 Å². The Hall–Kier alpha value is -6.10. The molecule has 25 nitrogen and oxygen atoms in total. The topological polar surface area (TPSA) is 393 Å². The second-order valence-corrected chi connectivity index (χ2v) is 29.7. The molecule has 101 heavy (non-hydrogen) atoms. The summed E-state index contributed by atoms with van der Waals surface area (Å²) >= 11 is 9.75. The van der Waals surface area contributed by atoms with Crippen LogP contribution in [0.5, 0.6) is 0 Å². The quantitative estimate of drug-likeness (QED) is 0.0263. The number of esters is 4. The first-order valence-electron chi connectivity index (χ1n) is 33.4. The van der Waals surface area contributed by atoms with Crippen LogP contribution >= 0.6 is 33.9 Å². The molecule has 5 aliphatic rings. The van der Waals surface area contributed by atoms with Crippen molar-refractivity contribution < 1.29 is 97.1 Å². The molecule has 10 unspecified atom stereocenters. The minimum atomic E-state index is -3.92. The Balaban J connectivity index is -0.000000246. The fourth-order valence-electron chi connectivity index (χ4n) is 10.1. The van der Waals surface area contributed by atoms with Crippen molar-refractivity contribution in [1.29, 1.82) is 0 Å². The molecule has 3 amide bonds. The van der Waals surface area contributed by atoms with Crippen LogP contribution in [0.2, 0.25) is 0 Å². The van der Waals surface area contributed by atoms with Crippen molar-refractivity contribution in [3.8, 4) is 0 Å². The molecule has 5 fully saturated rings. The zero-order chi connectivity index (χ0) is 78.1. The van der Waals surface area contributed by atoms with Gasteiger partial charge in [-0.15, -0.1) is 0 Å². The summed E-state index contributed by atoms with van der Waals surface area (Å²) in [6.45, 7) is 32.3. The van der Waals surface area contributed by atoms with Gasteiger partial charge in [0, 0.05) is 76.1 Å². The van der Waals surface area contributed by atoms with Gasteiger partial charge in [0.1, 0.15) is 17.2 Å². The summed E-state index contributed by atoms with van der Waals surface area (Å²) in [5.41, 5.74) is 16.3. The van der Waals surface area contributed by atoms with Crippen molar-refractivity contribution in [3.63, 3.8) is 0 Å². The lowest BCUT2D eigenvalue weighted by molar-refractivity contribution is -0.727. The van der Waals surface area contributed by atoms with Crippen LogP contribution in [0.3, 0.4) is 0 Å². The number of aliphatic carboxylic acids is 1. The van der Waals surface area contributed by atoms with Crippen molar-refractivity contribution in [2.45, 2.75) is 221 Å². The Labute approximate surface area is 619 Å². The summed E-state index contributed by atoms with van der Waals surface area (Å²) in [4.78, 5) is 85.2. The smallest absolute Gasteiger partial charge is 0.356 e. The number of halogens is 3. The molecule has 7 N–H and O–H groups in total. The van der Waals surface area contributed by atoms with E-state index in [0.29, 0.717) is 29.6 Å². The van der Waals surface area contributed by atoms with E-state index in [2.05, 4.69) is 98.6 Å². The number of carboxylic acids is 1. The third-order valence-electron chi connectivity index (χ3n) is 14.6. The number of carbonyl (C=O) groups excluding carboxylic acids is 7.